The third kappa shape index (κ3) is 3.52. The Hall–Kier alpha value is -1.65. The van der Waals surface area contributed by atoms with E-state index in [4.69, 9.17) is 4.74 Å². The fraction of sp³-hybridized carbons (Fsp3) is 0.471. The smallest absolute Gasteiger partial charge is 0.221 e. The Kier molecular flexibility index (Phi) is 4.80. The van der Waals surface area contributed by atoms with Crippen molar-refractivity contribution in [1.29, 1.82) is 0 Å². The van der Waals surface area contributed by atoms with E-state index in [1.54, 1.807) is 0 Å². The van der Waals surface area contributed by atoms with Crippen LogP contribution in [0.4, 0.5) is 0 Å². The monoisotopic (exact) mass is 287 g/mol. The Morgan fingerprint density at radius 3 is 2.48 bits per heavy atom. The molecule has 0 atom stereocenters. The lowest BCUT2D eigenvalue weighted by atomic mass is 10.1. The third-order valence-corrected chi connectivity index (χ3v) is 3.98. The third-order valence-electron chi connectivity index (χ3n) is 3.98. The van der Waals surface area contributed by atoms with E-state index >= 15 is 0 Å². The standard InChI is InChI=1S/C17H25N3O/c1-17(2,20(4)5)12-21-16-15-9-7-6-8-14(15)13(10-18-3)11-19-16/h6-9,11,18H,10,12H2,1-5H3. The van der Waals surface area contributed by atoms with Crippen molar-refractivity contribution in [1.82, 2.24) is 15.2 Å². The number of hydrogen-bond donors (Lipinski definition) is 1. The lowest BCUT2D eigenvalue weighted by Gasteiger charge is -2.32. The van der Waals surface area contributed by atoms with Crippen LogP contribution in [0.2, 0.25) is 0 Å². The Morgan fingerprint density at radius 2 is 1.86 bits per heavy atom. The predicted octanol–water partition coefficient (Wildman–Crippen LogP) is 2.67. The predicted molar refractivity (Wildman–Crippen MR) is 87.8 cm³/mol. The average molecular weight is 287 g/mol. The molecule has 0 fully saturated rings. The Morgan fingerprint density at radius 1 is 1.19 bits per heavy atom. The van der Waals surface area contributed by atoms with Crippen LogP contribution in [-0.4, -0.2) is 43.2 Å². The molecule has 2 rings (SSSR count). The molecule has 0 aliphatic rings. The number of hydrogen-bond acceptors (Lipinski definition) is 4. The van der Waals surface area contributed by atoms with Crippen molar-refractivity contribution in [3.05, 3.63) is 36.0 Å². The molecule has 0 amide bonds. The maximum atomic E-state index is 6.01. The lowest BCUT2D eigenvalue weighted by molar-refractivity contribution is 0.112. The lowest BCUT2D eigenvalue weighted by Crippen LogP contribution is -2.43. The van der Waals surface area contributed by atoms with E-state index in [9.17, 15) is 0 Å². The molecule has 0 unspecified atom stereocenters. The maximum Gasteiger partial charge on any atom is 0.221 e. The summed E-state index contributed by atoms with van der Waals surface area (Å²) in [5, 5.41) is 5.44. The van der Waals surface area contributed by atoms with Gasteiger partial charge in [-0.2, -0.15) is 0 Å². The number of benzene rings is 1. The number of nitrogens with one attached hydrogen (secondary N) is 1. The van der Waals surface area contributed by atoms with Crippen LogP contribution in [0.1, 0.15) is 19.4 Å². The molecule has 1 heterocycles. The van der Waals surface area contributed by atoms with Gasteiger partial charge in [-0.3, -0.25) is 0 Å². The van der Waals surface area contributed by atoms with Gasteiger partial charge in [-0.25, -0.2) is 4.98 Å². The molecule has 114 valence electrons. The zero-order valence-electron chi connectivity index (χ0n) is 13.6. The van der Waals surface area contributed by atoms with Crippen LogP contribution in [0.5, 0.6) is 5.88 Å². The summed E-state index contributed by atoms with van der Waals surface area (Å²) in [7, 11) is 6.06. The van der Waals surface area contributed by atoms with E-state index in [1.165, 1.54) is 10.9 Å². The van der Waals surface area contributed by atoms with Gasteiger partial charge in [-0.1, -0.05) is 18.2 Å². The van der Waals surface area contributed by atoms with Crippen molar-refractivity contribution in [3.63, 3.8) is 0 Å². The highest BCUT2D eigenvalue weighted by Gasteiger charge is 2.22. The number of nitrogens with zero attached hydrogens (tertiary/aromatic N) is 2. The molecule has 0 saturated carbocycles. The first-order chi connectivity index (χ1) is 9.95. The van der Waals surface area contributed by atoms with Gasteiger partial charge in [0, 0.05) is 23.7 Å². The van der Waals surface area contributed by atoms with Crippen molar-refractivity contribution >= 4 is 10.8 Å². The largest absolute Gasteiger partial charge is 0.475 e. The zero-order chi connectivity index (χ0) is 15.5. The van der Waals surface area contributed by atoms with Gasteiger partial charge in [-0.15, -0.1) is 0 Å². The van der Waals surface area contributed by atoms with Gasteiger partial charge < -0.3 is 15.0 Å². The fourth-order valence-corrected chi connectivity index (χ4v) is 2.05. The van der Waals surface area contributed by atoms with E-state index in [1.807, 2.05) is 19.3 Å². The number of fused-ring (bicyclic) bond motifs is 1. The Bertz CT molecular complexity index is 608. The van der Waals surface area contributed by atoms with E-state index in [0.29, 0.717) is 12.5 Å². The van der Waals surface area contributed by atoms with E-state index in [0.717, 1.165) is 11.9 Å². The number of likely N-dealkylation sites (N-methyl/N-ethyl adjacent to an activating group) is 1. The molecule has 0 aliphatic heterocycles. The van der Waals surface area contributed by atoms with Crippen molar-refractivity contribution in [2.75, 3.05) is 27.7 Å². The first-order valence-corrected chi connectivity index (χ1v) is 7.27. The summed E-state index contributed by atoms with van der Waals surface area (Å²) in [5.41, 5.74) is 1.15. The first kappa shape index (κ1) is 15.7. The van der Waals surface area contributed by atoms with Crippen LogP contribution in [0, 0.1) is 0 Å². The average Bonchev–Trinajstić information content (AvgIpc) is 2.46. The van der Waals surface area contributed by atoms with Crippen LogP contribution < -0.4 is 10.1 Å². The summed E-state index contributed by atoms with van der Waals surface area (Å²) in [4.78, 5) is 6.66. The SMILES string of the molecule is CNCc1cnc(OCC(C)(C)N(C)C)c2ccccc12. The summed E-state index contributed by atoms with van der Waals surface area (Å²) in [6.07, 6.45) is 1.90. The second-order valence-electron chi connectivity index (χ2n) is 6.16. The Labute approximate surface area is 127 Å². The summed E-state index contributed by atoms with van der Waals surface area (Å²) in [5.74, 6) is 0.709. The normalized spacial score (nSPS) is 12.1. The summed E-state index contributed by atoms with van der Waals surface area (Å²) in [6.45, 7) is 5.72. The second kappa shape index (κ2) is 6.41. The van der Waals surface area contributed by atoms with Crippen LogP contribution in [0.25, 0.3) is 10.8 Å². The van der Waals surface area contributed by atoms with Crippen molar-refractivity contribution in [2.45, 2.75) is 25.9 Å². The summed E-state index contributed by atoms with van der Waals surface area (Å²) >= 11 is 0. The van der Waals surface area contributed by atoms with E-state index < -0.39 is 0 Å². The molecule has 1 aromatic heterocycles. The van der Waals surface area contributed by atoms with Crippen LogP contribution in [0.15, 0.2) is 30.5 Å². The Balaban J connectivity index is 2.31. The molecule has 0 aliphatic carbocycles. The van der Waals surface area contributed by atoms with Crippen molar-refractivity contribution in [3.8, 4) is 5.88 Å². The van der Waals surface area contributed by atoms with Gasteiger partial charge in [0.25, 0.3) is 0 Å². The van der Waals surface area contributed by atoms with Gasteiger partial charge >= 0.3 is 0 Å². The van der Waals surface area contributed by atoms with Gasteiger partial charge in [0.05, 0.1) is 0 Å². The highest BCUT2D eigenvalue weighted by atomic mass is 16.5. The molecule has 21 heavy (non-hydrogen) atoms. The first-order valence-electron chi connectivity index (χ1n) is 7.27. The molecule has 1 aromatic carbocycles. The molecule has 2 aromatic rings. The second-order valence-corrected chi connectivity index (χ2v) is 6.16. The molecule has 4 nitrogen and oxygen atoms in total. The molecular weight excluding hydrogens is 262 g/mol. The highest BCUT2D eigenvalue weighted by Crippen LogP contribution is 2.27. The summed E-state index contributed by atoms with van der Waals surface area (Å²) in [6, 6.07) is 8.26. The van der Waals surface area contributed by atoms with Crippen LogP contribution in [-0.2, 0) is 6.54 Å². The quantitative estimate of drug-likeness (QED) is 0.886. The molecule has 1 N–H and O–H groups in total. The van der Waals surface area contributed by atoms with Crippen molar-refractivity contribution < 1.29 is 4.74 Å². The number of pyridine rings is 1. The highest BCUT2D eigenvalue weighted by molar-refractivity contribution is 5.89. The number of aromatic nitrogens is 1. The topological polar surface area (TPSA) is 37.4 Å². The molecule has 0 bridgehead atoms. The van der Waals surface area contributed by atoms with Gasteiger partial charge in [0.2, 0.25) is 5.88 Å². The fourth-order valence-electron chi connectivity index (χ4n) is 2.05. The van der Waals surface area contributed by atoms with E-state index in [-0.39, 0.29) is 5.54 Å². The minimum absolute atomic E-state index is 0.0353. The number of ether oxygens (including phenoxy) is 1. The molecule has 4 heteroatoms. The number of rotatable bonds is 6. The minimum Gasteiger partial charge on any atom is -0.475 e. The minimum atomic E-state index is -0.0353. The van der Waals surface area contributed by atoms with Gasteiger partial charge in [-0.05, 0) is 52.0 Å². The zero-order valence-corrected chi connectivity index (χ0v) is 13.6. The van der Waals surface area contributed by atoms with Gasteiger partial charge in [0.15, 0.2) is 0 Å². The van der Waals surface area contributed by atoms with E-state index in [2.05, 4.69) is 61.3 Å². The molecular formula is C17H25N3O. The molecule has 0 radical (unpaired) electrons. The summed E-state index contributed by atoms with van der Waals surface area (Å²) < 4.78 is 6.01. The van der Waals surface area contributed by atoms with Crippen molar-refractivity contribution in [2.24, 2.45) is 0 Å². The maximum absolute atomic E-state index is 6.01. The molecule has 0 saturated heterocycles. The molecule has 0 spiro atoms. The van der Waals surface area contributed by atoms with Crippen LogP contribution >= 0.6 is 0 Å². The van der Waals surface area contributed by atoms with Gasteiger partial charge in [0.1, 0.15) is 6.61 Å². The van der Waals surface area contributed by atoms with Crippen LogP contribution in [0.3, 0.4) is 0 Å².